The minimum atomic E-state index is -0.0679. The molecule has 0 radical (unpaired) electrons. The van der Waals surface area contributed by atoms with E-state index in [4.69, 9.17) is 0 Å². The van der Waals surface area contributed by atoms with Gasteiger partial charge < -0.3 is 4.90 Å². The van der Waals surface area contributed by atoms with E-state index in [1.165, 1.54) is 4.90 Å². The summed E-state index contributed by atoms with van der Waals surface area (Å²) in [6.07, 6.45) is 0. The van der Waals surface area contributed by atoms with E-state index in [0.29, 0.717) is 11.1 Å². The summed E-state index contributed by atoms with van der Waals surface area (Å²) in [5, 5.41) is 0. The molecule has 1 amide bonds. The number of rotatable bonds is 3. The van der Waals surface area contributed by atoms with E-state index < -0.39 is 0 Å². The molecule has 22 heavy (non-hydrogen) atoms. The third kappa shape index (κ3) is 3.08. The molecule has 114 valence electrons. The molecule has 0 aliphatic carbocycles. The van der Waals surface area contributed by atoms with Gasteiger partial charge in [-0.15, -0.1) is 0 Å². The molecule has 0 atom stereocenters. The highest BCUT2D eigenvalue weighted by molar-refractivity contribution is 6.11. The number of nitrogens with zero attached hydrogens (tertiary/aromatic N) is 1. The standard InChI is InChI=1S/C19H21NO2/c1-12-10-13(2)17(14(3)11-12)18(21)15-6-8-16(9-7-15)19(22)20(4)5/h6-11H,1-5H3. The molecule has 0 saturated heterocycles. The second kappa shape index (κ2) is 6.14. The summed E-state index contributed by atoms with van der Waals surface area (Å²) in [4.78, 5) is 26.1. The third-order valence-electron chi connectivity index (χ3n) is 3.70. The lowest BCUT2D eigenvalue weighted by molar-refractivity contribution is 0.0827. The summed E-state index contributed by atoms with van der Waals surface area (Å²) in [6.45, 7) is 5.93. The summed E-state index contributed by atoms with van der Waals surface area (Å²) >= 11 is 0. The Morgan fingerprint density at radius 1 is 0.818 bits per heavy atom. The Morgan fingerprint density at radius 3 is 1.73 bits per heavy atom. The van der Waals surface area contributed by atoms with Crippen molar-refractivity contribution in [3.8, 4) is 0 Å². The molecule has 2 aromatic carbocycles. The SMILES string of the molecule is Cc1cc(C)c(C(=O)c2ccc(C(=O)N(C)C)cc2)c(C)c1. The molecule has 0 aliphatic heterocycles. The quantitative estimate of drug-likeness (QED) is 0.812. The maximum Gasteiger partial charge on any atom is 0.253 e. The van der Waals surface area contributed by atoms with E-state index in [2.05, 4.69) is 0 Å². The molecular weight excluding hydrogens is 274 g/mol. The summed E-state index contributed by atoms with van der Waals surface area (Å²) < 4.78 is 0. The van der Waals surface area contributed by atoms with Crippen molar-refractivity contribution in [3.05, 3.63) is 69.8 Å². The Hall–Kier alpha value is -2.42. The molecule has 0 saturated carbocycles. The van der Waals surface area contributed by atoms with Gasteiger partial charge in [0.15, 0.2) is 5.78 Å². The Balaban J connectivity index is 2.37. The van der Waals surface area contributed by atoms with Crippen LogP contribution >= 0.6 is 0 Å². The Bertz CT molecular complexity index is 705. The third-order valence-corrected chi connectivity index (χ3v) is 3.70. The average molecular weight is 295 g/mol. The fourth-order valence-corrected chi connectivity index (χ4v) is 2.70. The van der Waals surface area contributed by atoms with Crippen LogP contribution in [0.4, 0.5) is 0 Å². The van der Waals surface area contributed by atoms with Gasteiger partial charge in [-0.05, 0) is 44.0 Å². The van der Waals surface area contributed by atoms with Crippen molar-refractivity contribution in [1.82, 2.24) is 4.90 Å². The number of benzene rings is 2. The highest BCUT2D eigenvalue weighted by Crippen LogP contribution is 2.20. The second-order valence-corrected chi connectivity index (χ2v) is 5.88. The fraction of sp³-hybridized carbons (Fsp3) is 0.263. The maximum absolute atomic E-state index is 12.7. The molecule has 0 fully saturated rings. The summed E-state index contributed by atoms with van der Waals surface area (Å²) in [5.41, 5.74) is 5.05. The normalized spacial score (nSPS) is 10.4. The zero-order valence-electron chi connectivity index (χ0n) is 13.7. The van der Waals surface area contributed by atoms with E-state index in [9.17, 15) is 9.59 Å². The first-order valence-corrected chi connectivity index (χ1v) is 7.25. The van der Waals surface area contributed by atoms with Crippen molar-refractivity contribution < 1.29 is 9.59 Å². The average Bonchev–Trinajstić information content (AvgIpc) is 2.45. The van der Waals surface area contributed by atoms with Crippen LogP contribution in [-0.4, -0.2) is 30.7 Å². The summed E-state index contributed by atoms with van der Waals surface area (Å²) in [7, 11) is 3.42. The van der Waals surface area contributed by atoms with Crippen LogP contribution in [0.15, 0.2) is 36.4 Å². The lowest BCUT2D eigenvalue weighted by atomic mass is 9.93. The molecule has 0 spiro atoms. The molecule has 0 aliphatic rings. The predicted molar refractivity (Wildman–Crippen MR) is 88.5 cm³/mol. The maximum atomic E-state index is 12.7. The van der Waals surface area contributed by atoms with Gasteiger partial charge in [-0.25, -0.2) is 0 Å². The van der Waals surface area contributed by atoms with Gasteiger partial charge >= 0.3 is 0 Å². The van der Waals surface area contributed by atoms with Crippen LogP contribution in [0.2, 0.25) is 0 Å². The van der Waals surface area contributed by atoms with Crippen LogP contribution in [0.25, 0.3) is 0 Å². The Labute approximate surface area is 131 Å². The van der Waals surface area contributed by atoms with Crippen molar-refractivity contribution in [1.29, 1.82) is 0 Å². The minimum absolute atomic E-state index is 0.00106. The molecule has 3 heteroatoms. The van der Waals surface area contributed by atoms with Gasteiger partial charge in [0.2, 0.25) is 0 Å². The van der Waals surface area contributed by atoms with Crippen molar-refractivity contribution in [3.63, 3.8) is 0 Å². The van der Waals surface area contributed by atoms with Gasteiger partial charge in [-0.3, -0.25) is 9.59 Å². The van der Waals surface area contributed by atoms with Gasteiger partial charge in [-0.1, -0.05) is 29.8 Å². The van der Waals surface area contributed by atoms with Crippen molar-refractivity contribution in [2.75, 3.05) is 14.1 Å². The van der Waals surface area contributed by atoms with Crippen LogP contribution in [0.3, 0.4) is 0 Å². The molecule has 0 N–H and O–H groups in total. The van der Waals surface area contributed by atoms with Gasteiger partial charge in [-0.2, -0.15) is 0 Å². The smallest absolute Gasteiger partial charge is 0.253 e. The van der Waals surface area contributed by atoms with Crippen molar-refractivity contribution in [2.45, 2.75) is 20.8 Å². The van der Waals surface area contributed by atoms with E-state index >= 15 is 0 Å². The lowest BCUT2D eigenvalue weighted by Gasteiger charge is -2.12. The van der Waals surface area contributed by atoms with Crippen LogP contribution in [-0.2, 0) is 0 Å². The number of aryl methyl sites for hydroxylation is 3. The first kappa shape index (κ1) is 16.0. The number of carbonyl (C=O) groups excluding carboxylic acids is 2. The molecule has 3 nitrogen and oxygen atoms in total. The number of ketones is 1. The largest absolute Gasteiger partial charge is 0.345 e. The lowest BCUT2D eigenvalue weighted by Crippen LogP contribution is -2.21. The van der Waals surface area contributed by atoms with Gasteiger partial charge in [0, 0.05) is 30.8 Å². The van der Waals surface area contributed by atoms with E-state index in [-0.39, 0.29) is 11.7 Å². The molecule has 0 unspecified atom stereocenters. The first-order valence-electron chi connectivity index (χ1n) is 7.25. The number of amides is 1. The minimum Gasteiger partial charge on any atom is -0.345 e. The van der Waals surface area contributed by atoms with Crippen molar-refractivity contribution >= 4 is 11.7 Å². The monoisotopic (exact) mass is 295 g/mol. The van der Waals surface area contributed by atoms with Crippen molar-refractivity contribution in [2.24, 2.45) is 0 Å². The Kier molecular flexibility index (Phi) is 4.45. The van der Waals surface area contributed by atoms with Crippen LogP contribution in [0.5, 0.6) is 0 Å². The summed E-state index contributed by atoms with van der Waals surface area (Å²) in [6, 6.07) is 10.9. The number of hydrogen-bond donors (Lipinski definition) is 0. The molecule has 2 aromatic rings. The first-order chi connectivity index (χ1) is 10.3. The summed E-state index contributed by atoms with van der Waals surface area (Å²) in [5.74, 6) is -0.0689. The number of hydrogen-bond acceptors (Lipinski definition) is 2. The van der Waals surface area contributed by atoms with Crippen LogP contribution < -0.4 is 0 Å². The van der Waals surface area contributed by atoms with Gasteiger partial charge in [0.1, 0.15) is 0 Å². The second-order valence-electron chi connectivity index (χ2n) is 5.88. The highest BCUT2D eigenvalue weighted by atomic mass is 16.2. The van der Waals surface area contributed by atoms with E-state index in [1.807, 2.05) is 32.9 Å². The van der Waals surface area contributed by atoms with Crippen LogP contribution in [0.1, 0.15) is 43.0 Å². The fourth-order valence-electron chi connectivity index (χ4n) is 2.70. The van der Waals surface area contributed by atoms with E-state index in [1.54, 1.807) is 38.4 Å². The van der Waals surface area contributed by atoms with Gasteiger partial charge in [0.05, 0.1) is 0 Å². The topological polar surface area (TPSA) is 37.4 Å². The molecular formula is C19H21NO2. The zero-order chi connectivity index (χ0) is 16.4. The molecule has 0 heterocycles. The molecule has 2 rings (SSSR count). The van der Waals surface area contributed by atoms with Crippen LogP contribution in [0, 0.1) is 20.8 Å². The number of carbonyl (C=O) groups is 2. The predicted octanol–water partition coefficient (Wildman–Crippen LogP) is 3.54. The molecule has 0 bridgehead atoms. The zero-order valence-corrected chi connectivity index (χ0v) is 13.7. The molecule has 0 aromatic heterocycles. The highest BCUT2D eigenvalue weighted by Gasteiger charge is 2.16. The Morgan fingerprint density at radius 2 is 1.27 bits per heavy atom. The van der Waals surface area contributed by atoms with E-state index in [0.717, 1.165) is 22.3 Å². The van der Waals surface area contributed by atoms with Gasteiger partial charge in [0.25, 0.3) is 5.91 Å².